The minimum atomic E-state index is -3.77. The Morgan fingerprint density at radius 1 is 1.19 bits per heavy atom. The fourth-order valence-electron chi connectivity index (χ4n) is 3.02. The highest BCUT2D eigenvalue weighted by atomic mass is 35.5. The Balaban J connectivity index is 1.74. The SMILES string of the molecule is Cc1ccccc1COC(=O)[C@@H]1CCCN1S(=O)(=O)c1ccc(Cl)cc1. The summed E-state index contributed by atoms with van der Waals surface area (Å²) in [5, 5.41) is 0.458. The zero-order valence-corrected chi connectivity index (χ0v) is 16.0. The molecule has 1 aliphatic rings. The Morgan fingerprint density at radius 3 is 2.58 bits per heavy atom. The highest BCUT2D eigenvalue weighted by Gasteiger charge is 2.40. The minimum absolute atomic E-state index is 0.125. The van der Waals surface area contributed by atoms with Gasteiger partial charge in [-0.15, -0.1) is 0 Å². The molecule has 5 nitrogen and oxygen atoms in total. The van der Waals surface area contributed by atoms with Gasteiger partial charge in [-0.05, 0) is 55.2 Å². The summed E-state index contributed by atoms with van der Waals surface area (Å²) in [6, 6.07) is 12.8. The Kier molecular flexibility index (Phi) is 5.65. The van der Waals surface area contributed by atoms with E-state index in [0.717, 1.165) is 11.1 Å². The van der Waals surface area contributed by atoms with Crippen molar-refractivity contribution in [1.82, 2.24) is 4.31 Å². The number of rotatable bonds is 5. The van der Waals surface area contributed by atoms with Gasteiger partial charge in [0.05, 0.1) is 4.90 Å². The minimum Gasteiger partial charge on any atom is -0.460 e. The number of sulfonamides is 1. The second kappa shape index (κ2) is 7.78. The van der Waals surface area contributed by atoms with Crippen LogP contribution in [0.4, 0.5) is 0 Å². The molecule has 0 aliphatic carbocycles. The van der Waals surface area contributed by atoms with Gasteiger partial charge in [-0.3, -0.25) is 4.79 Å². The summed E-state index contributed by atoms with van der Waals surface area (Å²) in [6.45, 7) is 2.38. The largest absolute Gasteiger partial charge is 0.460 e. The topological polar surface area (TPSA) is 63.7 Å². The first-order valence-electron chi connectivity index (χ1n) is 8.38. The first-order chi connectivity index (χ1) is 12.4. The van der Waals surface area contributed by atoms with Crippen molar-refractivity contribution in [1.29, 1.82) is 0 Å². The lowest BCUT2D eigenvalue weighted by atomic mass is 10.1. The molecule has 1 heterocycles. The standard InChI is InChI=1S/C19H20ClNO4S/c1-14-5-2-3-6-15(14)13-25-19(22)18-7-4-12-21(18)26(23,24)17-10-8-16(20)9-11-17/h2-3,5-6,8-11,18H,4,7,12-13H2,1H3/t18-/m0/s1. The van der Waals surface area contributed by atoms with E-state index >= 15 is 0 Å². The van der Waals surface area contributed by atoms with Gasteiger partial charge in [0.2, 0.25) is 10.0 Å². The maximum atomic E-state index is 12.9. The predicted octanol–water partition coefficient (Wildman–Crippen LogP) is 3.54. The Hall–Kier alpha value is -1.89. The summed E-state index contributed by atoms with van der Waals surface area (Å²) in [7, 11) is -3.77. The lowest BCUT2D eigenvalue weighted by Crippen LogP contribution is -2.41. The molecule has 3 rings (SSSR count). The van der Waals surface area contributed by atoms with Crippen LogP contribution in [-0.2, 0) is 26.2 Å². The zero-order valence-electron chi connectivity index (χ0n) is 14.4. The van der Waals surface area contributed by atoms with Gasteiger partial charge < -0.3 is 4.74 Å². The number of nitrogens with zero attached hydrogens (tertiary/aromatic N) is 1. The van der Waals surface area contributed by atoms with Gasteiger partial charge in [-0.1, -0.05) is 35.9 Å². The van der Waals surface area contributed by atoms with Crippen LogP contribution in [0.3, 0.4) is 0 Å². The summed E-state index contributed by atoms with van der Waals surface area (Å²) in [6.07, 6.45) is 1.08. The average molecular weight is 394 g/mol. The van der Waals surface area contributed by atoms with Gasteiger partial charge in [0.15, 0.2) is 0 Å². The molecule has 0 N–H and O–H groups in total. The quantitative estimate of drug-likeness (QED) is 0.729. The third-order valence-corrected chi connectivity index (χ3v) is 6.70. The van der Waals surface area contributed by atoms with Gasteiger partial charge in [0, 0.05) is 11.6 Å². The number of hydrogen-bond acceptors (Lipinski definition) is 4. The molecule has 1 aliphatic heterocycles. The first kappa shape index (κ1) is 18.9. The zero-order chi connectivity index (χ0) is 18.7. The fourth-order valence-corrected chi connectivity index (χ4v) is 4.80. The van der Waals surface area contributed by atoms with Crippen LogP contribution in [0, 0.1) is 6.92 Å². The first-order valence-corrected chi connectivity index (χ1v) is 10.2. The van der Waals surface area contributed by atoms with E-state index in [0.29, 0.717) is 24.4 Å². The van der Waals surface area contributed by atoms with E-state index in [1.54, 1.807) is 0 Å². The van der Waals surface area contributed by atoms with E-state index in [-0.39, 0.29) is 11.5 Å². The third kappa shape index (κ3) is 3.92. The monoisotopic (exact) mass is 393 g/mol. The summed E-state index contributed by atoms with van der Waals surface area (Å²) >= 11 is 5.83. The van der Waals surface area contributed by atoms with Crippen LogP contribution >= 0.6 is 11.6 Å². The number of hydrogen-bond donors (Lipinski definition) is 0. The summed E-state index contributed by atoms with van der Waals surface area (Å²) in [4.78, 5) is 12.6. The molecule has 0 unspecified atom stereocenters. The molecule has 0 spiro atoms. The molecule has 1 fully saturated rings. The average Bonchev–Trinajstić information content (AvgIpc) is 3.12. The van der Waals surface area contributed by atoms with Gasteiger partial charge >= 0.3 is 5.97 Å². The molecule has 0 saturated carbocycles. The van der Waals surface area contributed by atoms with E-state index in [4.69, 9.17) is 16.3 Å². The molecule has 1 saturated heterocycles. The number of carbonyl (C=O) groups is 1. The Morgan fingerprint density at radius 2 is 1.88 bits per heavy atom. The molecule has 2 aromatic carbocycles. The van der Waals surface area contributed by atoms with E-state index in [1.807, 2.05) is 31.2 Å². The van der Waals surface area contributed by atoms with Crippen LogP contribution in [0.25, 0.3) is 0 Å². The van der Waals surface area contributed by atoms with Gasteiger partial charge in [-0.2, -0.15) is 4.31 Å². The van der Waals surface area contributed by atoms with Crippen molar-refractivity contribution in [2.75, 3.05) is 6.54 Å². The van der Waals surface area contributed by atoms with Crippen molar-refractivity contribution in [3.63, 3.8) is 0 Å². The molecule has 0 radical (unpaired) electrons. The summed E-state index contributed by atoms with van der Waals surface area (Å²) < 4.78 is 32.4. The van der Waals surface area contributed by atoms with Crippen LogP contribution in [0.2, 0.25) is 5.02 Å². The van der Waals surface area contributed by atoms with E-state index in [2.05, 4.69) is 0 Å². The molecule has 26 heavy (non-hydrogen) atoms. The number of benzene rings is 2. The van der Waals surface area contributed by atoms with Crippen LogP contribution in [0.15, 0.2) is 53.4 Å². The van der Waals surface area contributed by atoms with Crippen LogP contribution in [0.1, 0.15) is 24.0 Å². The fraction of sp³-hybridized carbons (Fsp3) is 0.316. The molecule has 1 atom stereocenters. The predicted molar refractivity (Wildman–Crippen MR) is 99.3 cm³/mol. The Labute approximate surface area is 158 Å². The van der Waals surface area contributed by atoms with Crippen LogP contribution < -0.4 is 0 Å². The van der Waals surface area contributed by atoms with Gasteiger partial charge in [-0.25, -0.2) is 8.42 Å². The number of halogens is 1. The van der Waals surface area contributed by atoms with Crippen molar-refractivity contribution in [3.05, 3.63) is 64.7 Å². The maximum absolute atomic E-state index is 12.9. The van der Waals surface area contributed by atoms with Crippen molar-refractivity contribution >= 4 is 27.6 Å². The molecule has 0 aromatic heterocycles. The molecule has 0 bridgehead atoms. The molecule has 138 valence electrons. The van der Waals surface area contributed by atoms with Crippen molar-refractivity contribution in [2.24, 2.45) is 0 Å². The number of carbonyl (C=O) groups excluding carboxylic acids is 1. The molecular weight excluding hydrogens is 374 g/mol. The summed E-state index contributed by atoms with van der Waals surface area (Å²) in [5.41, 5.74) is 1.93. The smallest absolute Gasteiger partial charge is 0.324 e. The van der Waals surface area contributed by atoms with Crippen molar-refractivity contribution in [3.8, 4) is 0 Å². The van der Waals surface area contributed by atoms with Crippen LogP contribution in [0.5, 0.6) is 0 Å². The van der Waals surface area contributed by atoms with E-state index in [1.165, 1.54) is 28.6 Å². The van der Waals surface area contributed by atoms with E-state index in [9.17, 15) is 13.2 Å². The lowest BCUT2D eigenvalue weighted by Gasteiger charge is -2.23. The summed E-state index contributed by atoms with van der Waals surface area (Å²) in [5.74, 6) is -0.511. The maximum Gasteiger partial charge on any atom is 0.324 e. The van der Waals surface area contributed by atoms with Crippen molar-refractivity contribution in [2.45, 2.75) is 37.3 Å². The number of esters is 1. The van der Waals surface area contributed by atoms with E-state index < -0.39 is 22.0 Å². The van der Waals surface area contributed by atoms with Gasteiger partial charge in [0.25, 0.3) is 0 Å². The van der Waals surface area contributed by atoms with Gasteiger partial charge in [0.1, 0.15) is 12.6 Å². The Bertz CT molecular complexity index is 896. The molecular formula is C19H20ClNO4S. The second-order valence-corrected chi connectivity index (χ2v) is 8.59. The van der Waals surface area contributed by atoms with Crippen LogP contribution in [-0.4, -0.2) is 31.3 Å². The number of aryl methyl sites for hydroxylation is 1. The number of ether oxygens (including phenoxy) is 1. The normalized spacial score (nSPS) is 18.0. The lowest BCUT2D eigenvalue weighted by molar-refractivity contribution is -0.148. The highest BCUT2D eigenvalue weighted by molar-refractivity contribution is 7.89. The second-order valence-electron chi connectivity index (χ2n) is 6.26. The van der Waals surface area contributed by atoms with Crippen molar-refractivity contribution < 1.29 is 17.9 Å². The molecule has 0 amide bonds. The molecule has 2 aromatic rings. The highest BCUT2D eigenvalue weighted by Crippen LogP contribution is 2.28. The molecule has 7 heteroatoms. The third-order valence-electron chi connectivity index (χ3n) is 4.53.